The molecule has 1 nitrogen and oxygen atoms in total. The summed E-state index contributed by atoms with van der Waals surface area (Å²) in [7, 11) is -1.39. The normalized spacial score (nSPS) is 38.1. The molecule has 1 saturated carbocycles. The van der Waals surface area contributed by atoms with E-state index in [1.165, 1.54) is 44.9 Å². The van der Waals surface area contributed by atoms with Gasteiger partial charge in [0.2, 0.25) is 0 Å². The Hall–Kier alpha value is -0.0831. The van der Waals surface area contributed by atoms with Gasteiger partial charge in [0.05, 0.1) is 5.60 Å². The van der Waals surface area contributed by atoms with Gasteiger partial charge in [0.1, 0.15) is 0 Å². The van der Waals surface area contributed by atoms with Crippen molar-refractivity contribution in [3.8, 4) is 0 Å². The van der Waals surface area contributed by atoms with Crippen LogP contribution in [0.4, 0.5) is 0 Å². The van der Waals surface area contributed by atoms with Crippen LogP contribution in [0, 0.1) is 5.92 Å². The first kappa shape index (κ1) is 11.0. The molecular formula is C14H24OSi. The molecule has 0 aromatic rings. The lowest BCUT2D eigenvalue weighted by molar-refractivity contribution is 0.185. The van der Waals surface area contributed by atoms with Crippen molar-refractivity contribution in [1.82, 2.24) is 0 Å². The number of hydrogen-bond donors (Lipinski definition) is 0. The number of hydrogen-bond acceptors (Lipinski definition) is 1. The molecule has 0 aromatic carbocycles. The van der Waals surface area contributed by atoms with E-state index in [0.29, 0.717) is 0 Å². The van der Waals surface area contributed by atoms with Gasteiger partial charge < -0.3 is 4.43 Å². The zero-order valence-corrected chi connectivity index (χ0v) is 11.9. The summed E-state index contributed by atoms with van der Waals surface area (Å²) in [6, 6.07) is 0. The van der Waals surface area contributed by atoms with Crippen LogP contribution in [0.3, 0.4) is 0 Å². The lowest BCUT2D eigenvalue weighted by Gasteiger charge is -2.29. The molecule has 0 heterocycles. The van der Waals surface area contributed by atoms with Gasteiger partial charge in [-0.3, -0.25) is 0 Å². The Morgan fingerprint density at radius 1 is 1.12 bits per heavy atom. The average Bonchev–Trinajstić information content (AvgIpc) is 2.66. The van der Waals surface area contributed by atoms with Crippen molar-refractivity contribution in [3.05, 3.63) is 11.1 Å². The minimum atomic E-state index is -1.39. The molecule has 0 radical (unpaired) electrons. The molecule has 90 valence electrons. The van der Waals surface area contributed by atoms with Crippen molar-refractivity contribution in [1.29, 1.82) is 0 Å². The Morgan fingerprint density at radius 3 is 2.62 bits per heavy atom. The van der Waals surface area contributed by atoms with Crippen molar-refractivity contribution < 1.29 is 4.43 Å². The van der Waals surface area contributed by atoms with Crippen LogP contribution in [-0.4, -0.2) is 13.9 Å². The lowest BCUT2D eigenvalue weighted by atomic mass is 10.0. The fraction of sp³-hybridized carbons (Fsp3) is 0.857. The summed E-state index contributed by atoms with van der Waals surface area (Å²) >= 11 is 0. The van der Waals surface area contributed by atoms with Crippen molar-refractivity contribution in [3.63, 3.8) is 0 Å². The van der Waals surface area contributed by atoms with E-state index < -0.39 is 8.32 Å². The van der Waals surface area contributed by atoms with Gasteiger partial charge in [-0.2, -0.15) is 0 Å². The maximum atomic E-state index is 6.62. The highest BCUT2D eigenvalue weighted by molar-refractivity contribution is 6.69. The molecule has 0 spiro atoms. The highest BCUT2D eigenvalue weighted by Crippen LogP contribution is 2.61. The van der Waals surface area contributed by atoms with Crippen molar-refractivity contribution in [2.45, 2.75) is 70.2 Å². The van der Waals surface area contributed by atoms with E-state index in [1.54, 1.807) is 11.1 Å². The summed E-state index contributed by atoms with van der Waals surface area (Å²) in [5.41, 5.74) is 3.81. The van der Waals surface area contributed by atoms with Crippen LogP contribution in [-0.2, 0) is 4.43 Å². The lowest BCUT2D eigenvalue weighted by Crippen LogP contribution is -2.35. The van der Waals surface area contributed by atoms with Gasteiger partial charge in [-0.1, -0.05) is 5.57 Å². The number of fused-ring (bicyclic) bond motifs is 2. The molecule has 0 aromatic heterocycles. The van der Waals surface area contributed by atoms with Gasteiger partial charge in [-0.15, -0.1) is 0 Å². The molecule has 2 heteroatoms. The van der Waals surface area contributed by atoms with Gasteiger partial charge in [-0.25, -0.2) is 0 Å². The molecule has 0 saturated heterocycles. The maximum absolute atomic E-state index is 6.62. The first-order chi connectivity index (χ1) is 7.51. The largest absolute Gasteiger partial charge is 0.408 e. The topological polar surface area (TPSA) is 9.23 Å². The quantitative estimate of drug-likeness (QED) is 0.514. The molecule has 0 aliphatic heterocycles. The molecule has 2 unspecified atom stereocenters. The average molecular weight is 236 g/mol. The summed E-state index contributed by atoms with van der Waals surface area (Å²) in [6.45, 7) is 7.03. The van der Waals surface area contributed by atoms with Gasteiger partial charge in [0.25, 0.3) is 0 Å². The minimum absolute atomic E-state index is 0.257. The van der Waals surface area contributed by atoms with Crippen LogP contribution in [0.1, 0.15) is 44.9 Å². The monoisotopic (exact) mass is 236 g/mol. The van der Waals surface area contributed by atoms with Gasteiger partial charge >= 0.3 is 0 Å². The molecule has 3 rings (SSSR count). The van der Waals surface area contributed by atoms with E-state index in [9.17, 15) is 0 Å². The van der Waals surface area contributed by atoms with Crippen LogP contribution in [0.5, 0.6) is 0 Å². The number of allylic oxidation sites excluding steroid dienone is 1. The second-order valence-corrected chi connectivity index (χ2v) is 11.3. The van der Waals surface area contributed by atoms with E-state index in [1.807, 2.05) is 0 Å². The fourth-order valence-corrected chi connectivity index (χ4v) is 5.37. The number of rotatable bonds is 2. The zero-order valence-electron chi connectivity index (χ0n) is 10.9. The molecule has 1 fully saturated rings. The first-order valence-electron chi connectivity index (χ1n) is 6.93. The van der Waals surface area contributed by atoms with Crippen LogP contribution >= 0.6 is 0 Å². The minimum Gasteiger partial charge on any atom is -0.408 e. The first-order valence-corrected chi connectivity index (χ1v) is 10.3. The maximum Gasteiger partial charge on any atom is 0.184 e. The smallest absolute Gasteiger partial charge is 0.184 e. The van der Waals surface area contributed by atoms with Crippen LogP contribution in [0.2, 0.25) is 19.6 Å². The Bertz CT molecular complexity index is 339. The molecule has 0 amide bonds. The Balaban J connectivity index is 1.91. The molecule has 0 N–H and O–H groups in total. The SMILES string of the molecule is C[Si](C)(C)OC12CC1CCCC1=C2CCC1. The van der Waals surface area contributed by atoms with Crippen molar-refractivity contribution >= 4 is 8.32 Å². The summed E-state index contributed by atoms with van der Waals surface area (Å²) in [5, 5.41) is 0. The highest BCUT2D eigenvalue weighted by atomic mass is 28.4. The third-order valence-corrected chi connectivity index (χ3v) is 5.39. The van der Waals surface area contributed by atoms with Gasteiger partial charge in [0, 0.05) is 0 Å². The second kappa shape index (κ2) is 3.46. The summed E-state index contributed by atoms with van der Waals surface area (Å²) in [6.07, 6.45) is 9.67. The Labute approximate surface area is 100 Å². The van der Waals surface area contributed by atoms with Crippen LogP contribution in [0.25, 0.3) is 0 Å². The van der Waals surface area contributed by atoms with E-state index in [4.69, 9.17) is 4.43 Å². The van der Waals surface area contributed by atoms with Crippen molar-refractivity contribution in [2.24, 2.45) is 5.92 Å². The molecule has 2 atom stereocenters. The van der Waals surface area contributed by atoms with Crippen LogP contribution < -0.4 is 0 Å². The molecular weight excluding hydrogens is 212 g/mol. The molecule has 16 heavy (non-hydrogen) atoms. The predicted molar refractivity (Wildman–Crippen MR) is 70.0 cm³/mol. The Kier molecular flexibility index (Phi) is 2.38. The zero-order chi connectivity index (χ0) is 11.4. The summed E-state index contributed by atoms with van der Waals surface area (Å²) in [5.74, 6) is 0.879. The van der Waals surface area contributed by atoms with Crippen LogP contribution in [0.15, 0.2) is 11.1 Å². The van der Waals surface area contributed by atoms with Gasteiger partial charge in [-0.05, 0) is 76.1 Å². The van der Waals surface area contributed by atoms with E-state index in [0.717, 1.165) is 5.92 Å². The molecule has 0 bridgehead atoms. The summed E-state index contributed by atoms with van der Waals surface area (Å²) in [4.78, 5) is 0. The van der Waals surface area contributed by atoms with E-state index >= 15 is 0 Å². The van der Waals surface area contributed by atoms with E-state index in [2.05, 4.69) is 19.6 Å². The summed E-state index contributed by atoms with van der Waals surface area (Å²) < 4.78 is 6.62. The predicted octanol–water partition coefficient (Wildman–Crippen LogP) is 4.26. The second-order valence-electron chi connectivity index (χ2n) is 6.83. The van der Waals surface area contributed by atoms with E-state index in [-0.39, 0.29) is 5.60 Å². The standard InChI is InChI=1S/C14H24OSi/c1-16(2,3)15-14-10-12(14)8-4-6-11-7-5-9-13(11)14/h12H,4-10H2,1-3H3. The van der Waals surface area contributed by atoms with Gasteiger partial charge in [0.15, 0.2) is 8.32 Å². The fourth-order valence-electron chi connectivity index (χ4n) is 3.90. The Morgan fingerprint density at radius 2 is 1.88 bits per heavy atom. The third-order valence-electron chi connectivity index (χ3n) is 4.41. The molecule has 3 aliphatic carbocycles. The molecule has 3 aliphatic rings. The third kappa shape index (κ3) is 1.70. The van der Waals surface area contributed by atoms with Crippen molar-refractivity contribution in [2.75, 3.05) is 0 Å². The highest BCUT2D eigenvalue weighted by Gasteiger charge is 2.60.